The molecule has 29 heavy (non-hydrogen) atoms. The summed E-state index contributed by atoms with van der Waals surface area (Å²) in [7, 11) is 0. The molecule has 1 aromatic carbocycles. The van der Waals surface area contributed by atoms with Gasteiger partial charge in [0.2, 0.25) is 5.91 Å². The topological polar surface area (TPSA) is 79.6 Å². The number of nitrogens with zero attached hydrogens (tertiary/aromatic N) is 3. The first-order valence-corrected chi connectivity index (χ1v) is 10.9. The van der Waals surface area contributed by atoms with Gasteiger partial charge in [-0.05, 0) is 31.4 Å². The number of fused-ring (bicyclic) bond motifs is 1. The Hall–Kier alpha value is -1.96. The largest absolute Gasteiger partial charge is 0.389 e. The molecule has 0 spiro atoms. The molecule has 0 unspecified atom stereocenters. The van der Waals surface area contributed by atoms with Gasteiger partial charge in [-0.25, -0.2) is 4.98 Å². The van der Waals surface area contributed by atoms with E-state index in [2.05, 4.69) is 32.8 Å². The van der Waals surface area contributed by atoms with Crippen LogP contribution in [0.15, 0.2) is 24.3 Å². The number of benzene rings is 1. The van der Waals surface area contributed by atoms with E-state index in [0.717, 1.165) is 68.8 Å². The summed E-state index contributed by atoms with van der Waals surface area (Å²) in [6, 6.07) is 7.99. The first-order valence-electron chi connectivity index (χ1n) is 10.9. The van der Waals surface area contributed by atoms with Crippen LogP contribution in [0.3, 0.4) is 0 Å². The second-order valence-electron chi connectivity index (χ2n) is 8.08. The highest BCUT2D eigenvalue weighted by atomic mass is 16.5. The minimum atomic E-state index is -0.522. The first kappa shape index (κ1) is 20.3. The van der Waals surface area contributed by atoms with E-state index in [0.29, 0.717) is 13.0 Å². The second kappa shape index (κ2) is 9.24. The number of nitrogens with one attached hydrogen (secondary N) is 1. The lowest BCUT2D eigenvalue weighted by atomic mass is 9.86. The normalized spacial score (nSPS) is 25.9. The molecular formula is C22H32N4O3. The fourth-order valence-corrected chi connectivity index (χ4v) is 4.76. The average Bonchev–Trinajstić information content (AvgIpc) is 3.12. The number of carbonyl (C=O) groups is 1. The third-order valence-corrected chi connectivity index (χ3v) is 6.29. The molecule has 2 aliphatic rings. The number of ether oxygens (including phenoxy) is 1. The van der Waals surface area contributed by atoms with Crippen LogP contribution in [0.5, 0.6) is 0 Å². The number of para-hydroxylation sites is 2. The fraction of sp³-hybridized carbons (Fsp3) is 0.636. The zero-order valence-electron chi connectivity index (χ0n) is 17.2. The van der Waals surface area contributed by atoms with E-state index in [1.54, 1.807) is 0 Å². The zero-order chi connectivity index (χ0) is 20.2. The van der Waals surface area contributed by atoms with Crippen LogP contribution in [0.25, 0.3) is 11.0 Å². The summed E-state index contributed by atoms with van der Waals surface area (Å²) in [5.41, 5.74) is 2.04. The zero-order valence-corrected chi connectivity index (χ0v) is 17.2. The van der Waals surface area contributed by atoms with E-state index in [4.69, 9.17) is 4.74 Å². The van der Waals surface area contributed by atoms with Crippen molar-refractivity contribution in [3.8, 4) is 0 Å². The maximum absolute atomic E-state index is 12.7. The van der Waals surface area contributed by atoms with Crippen LogP contribution in [0.2, 0.25) is 0 Å². The third-order valence-electron chi connectivity index (χ3n) is 6.29. The molecule has 158 valence electrons. The molecule has 7 nitrogen and oxygen atoms in total. The van der Waals surface area contributed by atoms with Gasteiger partial charge in [-0.15, -0.1) is 0 Å². The molecule has 1 aliphatic heterocycles. The summed E-state index contributed by atoms with van der Waals surface area (Å²) in [4.78, 5) is 19.7. The monoisotopic (exact) mass is 400 g/mol. The number of hydrogen-bond donors (Lipinski definition) is 2. The number of carbonyl (C=O) groups excluding carboxylic acids is 1. The SMILES string of the molecule is CCc1nc2ccccc2n1CCC(=O)N[C@@H]1CCC[C@@H](N2CCOCC2)[C@@H]1O. The molecule has 7 heteroatoms. The number of hydrogen-bond acceptors (Lipinski definition) is 5. The number of aliphatic hydroxyl groups excluding tert-OH is 1. The summed E-state index contributed by atoms with van der Waals surface area (Å²) in [6.45, 7) is 5.84. The number of amides is 1. The van der Waals surface area contributed by atoms with Gasteiger partial charge in [0.05, 0.1) is 36.4 Å². The number of morpholine rings is 1. The summed E-state index contributed by atoms with van der Waals surface area (Å²) < 4.78 is 7.58. The Morgan fingerprint density at radius 2 is 2.07 bits per heavy atom. The number of aliphatic hydroxyl groups is 1. The van der Waals surface area contributed by atoms with Crippen molar-refractivity contribution < 1.29 is 14.6 Å². The number of aryl methyl sites for hydroxylation is 2. The van der Waals surface area contributed by atoms with E-state index in [9.17, 15) is 9.90 Å². The molecule has 2 heterocycles. The lowest BCUT2D eigenvalue weighted by Crippen LogP contribution is -2.58. The molecule has 1 amide bonds. The third kappa shape index (κ3) is 4.47. The maximum Gasteiger partial charge on any atom is 0.222 e. The average molecular weight is 401 g/mol. The van der Waals surface area contributed by atoms with Crippen LogP contribution in [0, 0.1) is 0 Å². The highest BCUT2D eigenvalue weighted by Gasteiger charge is 2.36. The van der Waals surface area contributed by atoms with Crippen LogP contribution >= 0.6 is 0 Å². The van der Waals surface area contributed by atoms with E-state index < -0.39 is 6.10 Å². The minimum absolute atomic E-state index is 0.00323. The Bertz CT molecular complexity index is 831. The Balaban J connectivity index is 1.36. The molecule has 2 aromatic rings. The van der Waals surface area contributed by atoms with Crippen molar-refractivity contribution in [2.75, 3.05) is 26.3 Å². The molecule has 1 aromatic heterocycles. The van der Waals surface area contributed by atoms with Crippen molar-refractivity contribution in [3.63, 3.8) is 0 Å². The summed E-state index contributed by atoms with van der Waals surface area (Å²) in [5.74, 6) is 1.00. The summed E-state index contributed by atoms with van der Waals surface area (Å²) in [6.07, 6.45) is 3.54. The molecule has 2 fully saturated rings. The molecular weight excluding hydrogens is 368 g/mol. The van der Waals surface area contributed by atoms with E-state index in [1.165, 1.54) is 0 Å². The predicted molar refractivity (Wildman–Crippen MR) is 112 cm³/mol. The second-order valence-corrected chi connectivity index (χ2v) is 8.08. The summed E-state index contributed by atoms with van der Waals surface area (Å²) in [5, 5.41) is 14.0. The number of aromatic nitrogens is 2. The quantitative estimate of drug-likeness (QED) is 0.772. The molecule has 1 saturated heterocycles. The predicted octanol–water partition coefficient (Wildman–Crippen LogP) is 1.72. The lowest BCUT2D eigenvalue weighted by Gasteiger charge is -2.43. The molecule has 4 rings (SSSR count). The molecule has 3 atom stereocenters. The Morgan fingerprint density at radius 3 is 2.86 bits per heavy atom. The number of imidazole rings is 1. The Morgan fingerprint density at radius 1 is 1.28 bits per heavy atom. The highest BCUT2D eigenvalue weighted by Crippen LogP contribution is 2.25. The molecule has 2 N–H and O–H groups in total. The van der Waals surface area contributed by atoms with Gasteiger partial charge >= 0.3 is 0 Å². The van der Waals surface area contributed by atoms with Crippen LogP contribution in [0.4, 0.5) is 0 Å². The van der Waals surface area contributed by atoms with Crippen LogP contribution in [0.1, 0.15) is 38.4 Å². The molecule has 1 saturated carbocycles. The van der Waals surface area contributed by atoms with Crippen molar-refractivity contribution in [1.82, 2.24) is 19.8 Å². The smallest absolute Gasteiger partial charge is 0.222 e. The molecule has 1 aliphatic carbocycles. The lowest BCUT2D eigenvalue weighted by molar-refractivity contribution is -0.124. The van der Waals surface area contributed by atoms with Gasteiger partial charge in [0, 0.05) is 38.5 Å². The Kier molecular flexibility index (Phi) is 6.47. The van der Waals surface area contributed by atoms with Crippen molar-refractivity contribution in [2.24, 2.45) is 0 Å². The minimum Gasteiger partial charge on any atom is -0.389 e. The van der Waals surface area contributed by atoms with Crippen molar-refractivity contribution in [3.05, 3.63) is 30.1 Å². The van der Waals surface area contributed by atoms with E-state index >= 15 is 0 Å². The summed E-state index contributed by atoms with van der Waals surface area (Å²) >= 11 is 0. The van der Waals surface area contributed by atoms with Gasteiger partial charge in [-0.1, -0.05) is 19.1 Å². The molecule has 0 radical (unpaired) electrons. The maximum atomic E-state index is 12.7. The van der Waals surface area contributed by atoms with Gasteiger partial charge in [-0.3, -0.25) is 9.69 Å². The van der Waals surface area contributed by atoms with Crippen molar-refractivity contribution >= 4 is 16.9 Å². The Labute approximate surface area is 172 Å². The first-order chi connectivity index (χ1) is 14.2. The standard InChI is InChI=1S/C22H32N4O3/c1-2-20-23-16-6-3-4-8-18(16)26(20)11-10-21(27)24-17-7-5-9-19(22(17)28)25-12-14-29-15-13-25/h3-4,6,8,17,19,22,28H,2,5,7,9-15H2,1H3,(H,24,27)/t17-,19-,22-/m1/s1. The van der Waals surface area contributed by atoms with E-state index in [1.807, 2.05) is 18.2 Å². The van der Waals surface area contributed by atoms with Gasteiger partial charge < -0.3 is 19.7 Å². The van der Waals surface area contributed by atoms with Crippen LogP contribution < -0.4 is 5.32 Å². The fourth-order valence-electron chi connectivity index (χ4n) is 4.76. The van der Waals surface area contributed by atoms with Crippen LogP contribution in [-0.4, -0.2) is 70.0 Å². The van der Waals surface area contributed by atoms with Gasteiger partial charge in [0.25, 0.3) is 0 Å². The van der Waals surface area contributed by atoms with Crippen LogP contribution in [-0.2, 0) is 22.5 Å². The van der Waals surface area contributed by atoms with Crippen molar-refractivity contribution in [1.29, 1.82) is 0 Å². The molecule has 0 bridgehead atoms. The highest BCUT2D eigenvalue weighted by molar-refractivity contribution is 5.78. The van der Waals surface area contributed by atoms with Gasteiger partial charge in [0.15, 0.2) is 0 Å². The van der Waals surface area contributed by atoms with Crippen molar-refractivity contribution in [2.45, 2.75) is 63.8 Å². The van der Waals surface area contributed by atoms with E-state index in [-0.39, 0.29) is 18.0 Å². The number of rotatable bonds is 6. The van der Waals surface area contributed by atoms with Gasteiger partial charge in [0.1, 0.15) is 5.82 Å². The van der Waals surface area contributed by atoms with Gasteiger partial charge in [-0.2, -0.15) is 0 Å².